The predicted octanol–water partition coefficient (Wildman–Crippen LogP) is 3.84. The average Bonchev–Trinajstić information content (AvgIpc) is 1.95. The van der Waals surface area contributed by atoms with E-state index in [4.69, 9.17) is 23.2 Å². The Hall–Kier alpha value is 0.280. The van der Waals surface area contributed by atoms with Crippen LogP contribution in [0.4, 0.5) is 0 Å². The van der Waals surface area contributed by atoms with E-state index >= 15 is 0 Å². The first-order valence-corrected chi connectivity index (χ1v) is 4.45. The van der Waals surface area contributed by atoms with Crippen LogP contribution in [0.2, 0.25) is 5.02 Å². The summed E-state index contributed by atoms with van der Waals surface area (Å²) in [6, 6.07) is 5.63. The summed E-state index contributed by atoms with van der Waals surface area (Å²) in [6.07, 6.45) is 0. The van der Waals surface area contributed by atoms with Crippen LogP contribution in [0.3, 0.4) is 0 Å². The highest BCUT2D eigenvalue weighted by Gasteiger charge is 2.00. The van der Waals surface area contributed by atoms with Crippen LogP contribution in [0.5, 0.6) is 0 Å². The van der Waals surface area contributed by atoms with E-state index in [2.05, 4.69) is 15.9 Å². The molecule has 54 valence electrons. The molecule has 1 aromatic rings. The summed E-state index contributed by atoms with van der Waals surface area (Å²) >= 11 is 14.7. The minimum atomic E-state index is 0.487. The lowest BCUT2D eigenvalue weighted by atomic mass is 10.2. The maximum absolute atomic E-state index is 5.79. The van der Waals surface area contributed by atoms with Gasteiger partial charge in [-0.25, -0.2) is 0 Å². The zero-order chi connectivity index (χ0) is 7.56. The van der Waals surface area contributed by atoms with E-state index in [1.54, 1.807) is 0 Å². The third-order valence-electron chi connectivity index (χ3n) is 1.18. The Morgan fingerprint density at radius 1 is 1.40 bits per heavy atom. The van der Waals surface area contributed by atoms with Crippen LogP contribution in [0, 0.1) is 0 Å². The molecule has 0 saturated heterocycles. The van der Waals surface area contributed by atoms with Crippen LogP contribution >= 0.6 is 39.1 Å². The lowest BCUT2D eigenvalue weighted by Crippen LogP contribution is -1.79. The van der Waals surface area contributed by atoms with Gasteiger partial charge in [0.1, 0.15) is 0 Å². The molecule has 0 spiro atoms. The molecule has 10 heavy (non-hydrogen) atoms. The normalized spacial score (nSPS) is 9.90. The standard InChI is InChI=1S/C7H5BrCl2/c8-7-5(4-9)2-1-3-6(7)10/h1-3H,4H2. The Kier molecular flexibility index (Phi) is 3.02. The largest absolute Gasteiger partial charge is 0.122 e. The smallest absolute Gasteiger partial charge is 0.0551 e. The molecule has 0 atom stereocenters. The maximum atomic E-state index is 5.79. The zero-order valence-corrected chi connectivity index (χ0v) is 8.17. The number of hydrogen-bond acceptors (Lipinski definition) is 0. The van der Waals surface area contributed by atoms with Gasteiger partial charge in [0.15, 0.2) is 0 Å². The molecule has 0 fully saturated rings. The number of hydrogen-bond donors (Lipinski definition) is 0. The van der Waals surface area contributed by atoms with E-state index in [1.165, 1.54) is 0 Å². The Morgan fingerprint density at radius 3 is 2.60 bits per heavy atom. The van der Waals surface area contributed by atoms with Crippen LogP contribution in [0.15, 0.2) is 22.7 Å². The fraction of sp³-hybridized carbons (Fsp3) is 0.143. The van der Waals surface area contributed by atoms with Gasteiger partial charge in [-0.3, -0.25) is 0 Å². The van der Waals surface area contributed by atoms with E-state index in [1.807, 2.05) is 18.2 Å². The molecular weight excluding hydrogens is 235 g/mol. The van der Waals surface area contributed by atoms with Crippen LogP contribution < -0.4 is 0 Å². The summed E-state index contributed by atoms with van der Waals surface area (Å²) in [5, 5.41) is 0.707. The molecule has 0 bridgehead atoms. The van der Waals surface area contributed by atoms with Crippen LogP contribution in [0.25, 0.3) is 0 Å². The van der Waals surface area contributed by atoms with Crippen LogP contribution in [0.1, 0.15) is 5.56 Å². The van der Waals surface area contributed by atoms with Gasteiger partial charge in [0.05, 0.1) is 5.02 Å². The molecule has 0 aliphatic heterocycles. The molecule has 0 N–H and O–H groups in total. The molecule has 0 amide bonds. The van der Waals surface area contributed by atoms with Crippen LogP contribution in [-0.2, 0) is 5.88 Å². The molecule has 0 aliphatic carbocycles. The second-order valence-corrected chi connectivity index (χ2v) is 3.31. The van der Waals surface area contributed by atoms with E-state index < -0.39 is 0 Å². The lowest BCUT2D eigenvalue weighted by molar-refractivity contribution is 1.37. The molecule has 1 rings (SSSR count). The second kappa shape index (κ2) is 3.61. The topological polar surface area (TPSA) is 0 Å². The first-order valence-electron chi connectivity index (χ1n) is 2.74. The van der Waals surface area contributed by atoms with Crippen molar-refractivity contribution in [3.05, 3.63) is 33.3 Å². The molecular formula is C7H5BrCl2. The van der Waals surface area contributed by atoms with Gasteiger partial charge in [0, 0.05) is 10.4 Å². The van der Waals surface area contributed by atoms with Crippen molar-refractivity contribution in [2.45, 2.75) is 5.88 Å². The summed E-state index contributed by atoms with van der Waals surface area (Å²) in [5.41, 5.74) is 1.02. The van der Waals surface area contributed by atoms with Gasteiger partial charge in [-0.15, -0.1) is 11.6 Å². The van der Waals surface area contributed by atoms with Gasteiger partial charge in [0.25, 0.3) is 0 Å². The van der Waals surface area contributed by atoms with Gasteiger partial charge in [0.2, 0.25) is 0 Å². The molecule has 0 radical (unpaired) electrons. The van der Waals surface area contributed by atoms with Crippen molar-refractivity contribution in [3.63, 3.8) is 0 Å². The van der Waals surface area contributed by atoms with Crippen molar-refractivity contribution < 1.29 is 0 Å². The first kappa shape index (κ1) is 8.38. The molecule has 0 nitrogen and oxygen atoms in total. The third kappa shape index (κ3) is 1.66. The minimum absolute atomic E-state index is 0.487. The molecule has 1 aromatic carbocycles. The lowest BCUT2D eigenvalue weighted by Gasteiger charge is -1.99. The minimum Gasteiger partial charge on any atom is -0.122 e. The van der Waals surface area contributed by atoms with E-state index in [9.17, 15) is 0 Å². The third-order valence-corrected chi connectivity index (χ3v) is 2.94. The molecule has 0 heterocycles. The Balaban J connectivity index is 3.14. The predicted molar refractivity (Wildman–Crippen MR) is 48.7 cm³/mol. The van der Waals surface area contributed by atoms with Crippen molar-refractivity contribution >= 4 is 39.1 Å². The highest BCUT2D eigenvalue weighted by molar-refractivity contribution is 9.10. The summed E-state index contributed by atoms with van der Waals surface area (Å²) in [5.74, 6) is 0.487. The molecule has 0 aromatic heterocycles. The van der Waals surface area contributed by atoms with E-state index in [-0.39, 0.29) is 0 Å². The van der Waals surface area contributed by atoms with Gasteiger partial charge in [-0.05, 0) is 27.6 Å². The quantitative estimate of drug-likeness (QED) is 0.654. The maximum Gasteiger partial charge on any atom is 0.0551 e. The Bertz CT molecular complexity index is 235. The van der Waals surface area contributed by atoms with Gasteiger partial charge in [-0.2, -0.15) is 0 Å². The SMILES string of the molecule is ClCc1cccc(Cl)c1Br. The Morgan fingerprint density at radius 2 is 2.10 bits per heavy atom. The molecule has 0 unspecified atom stereocenters. The molecule has 3 heteroatoms. The Labute approximate surface area is 78.3 Å². The van der Waals surface area contributed by atoms with E-state index in [0.29, 0.717) is 10.9 Å². The second-order valence-electron chi connectivity index (χ2n) is 1.85. The van der Waals surface area contributed by atoms with Crippen molar-refractivity contribution in [1.29, 1.82) is 0 Å². The fourth-order valence-electron chi connectivity index (χ4n) is 0.652. The number of halogens is 3. The molecule has 0 aliphatic rings. The highest BCUT2D eigenvalue weighted by atomic mass is 79.9. The van der Waals surface area contributed by atoms with Gasteiger partial charge >= 0.3 is 0 Å². The monoisotopic (exact) mass is 238 g/mol. The molecule has 0 saturated carbocycles. The summed E-state index contributed by atoms with van der Waals surface area (Å²) in [4.78, 5) is 0. The fourth-order valence-corrected chi connectivity index (χ4v) is 1.63. The summed E-state index contributed by atoms with van der Waals surface area (Å²) in [7, 11) is 0. The highest BCUT2D eigenvalue weighted by Crippen LogP contribution is 2.26. The van der Waals surface area contributed by atoms with E-state index in [0.717, 1.165) is 10.0 Å². The summed E-state index contributed by atoms with van der Waals surface area (Å²) < 4.78 is 0.895. The van der Waals surface area contributed by atoms with Crippen molar-refractivity contribution in [2.24, 2.45) is 0 Å². The van der Waals surface area contributed by atoms with Gasteiger partial charge in [-0.1, -0.05) is 23.7 Å². The van der Waals surface area contributed by atoms with Crippen molar-refractivity contribution in [3.8, 4) is 0 Å². The number of benzene rings is 1. The zero-order valence-electron chi connectivity index (χ0n) is 5.07. The van der Waals surface area contributed by atoms with Gasteiger partial charge < -0.3 is 0 Å². The van der Waals surface area contributed by atoms with Crippen molar-refractivity contribution in [1.82, 2.24) is 0 Å². The van der Waals surface area contributed by atoms with Crippen molar-refractivity contribution in [2.75, 3.05) is 0 Å². The average molecular weight is 240 g/mol. The van der Waals surface area contributed by atoms with Crippen LogP contribution in [-0.4, -0.2) is 0 Å². The summed E-state index contributed by atoms with van der Waals surface area (Å²) in [6.45, 7) is 0. The number of alkyl halides is 1. The first-order chi connectivity index (χ1) is 4.75. The number of rotatable bonds is 1.